The Morgan fingerprint density at radius 2 is 2.57 bits per heavy atom. The summed E-state index contributed by atoms with van der Waals surface area (Å²) >= 11 is 0. The summed E-state index contributed by atoms with van der Waals surface area (Å²) in [5.74, 6) is 0. The van der Waals surface area contributed by atoms with Crippen molar-refractivity contribution in [3.05, 3.63) is 12.3 Å². The summed E-state index contributed by atoms with van der Waals surface area (Å²) in [5, 5.41) is 14.0. The van der Waals surface area contributed by atoms with Gasteiger partial charge in [0.25, 0.3) is 0 Å². The first-order valence-corrected chi connectivity index (χ1v) is 2.22. The predicted molar refractivity (Wildman–Crippen MR) is 26.3 cm³/mol. The highest BCUT2D eigenvalue weighted by Crippen LogP contribution is 1.77. The maximum Gasteiger partial charge on any atom is 0.181 e. The van der Waals surface area contributed by atoms with Crippen LogP contribution < -0.4 is 10.6 Å². The second-order valence-electron chi connectivity index (χ2n) is 1.38. The minimum Gasteiger partial charge on any atom is -0.361 e. The van der Waals surface area contributed by atoms with Gasteiger partial charge < -0.3 is 10.4 Å². The van der Waals surface area contributed by atoms with Crippen molar-refractivity contribution in [2.75, 3.05) is 6.54 Å². The van der Waals surface area contributed by atoms with Crippen molar-refractivity contribution in [3.63, 3.8) is 0 Å². The maximum atomic E-state index is 8.64. The first-order chi connectivity index (χ1) is 3.39. The molecule has 0 radical (unpaired) electrons. The third-order valence-corrected chi connectivity index (χ3v) is 0.801. The van der Waals surface area contributed by atoms with Crippen molar-refractivity contribution in [2.45, 2.75) is 6.35 Å². The molecule has 7 heavy (non-hydrogen) atoms. The van der Waals surface area contributed by atoms with Crippen LogP contribution in [-0.4, -0.2) is 18.0 Å². The number of hydrogen-bond acceptors (Lipinski definition) is 3. The van der Waals surface area contributed by atoms with E-state index < -0.39 is 6.35 Å². The second-order valence-corrected chi connectivity index (χ2v) is 1.38. The fourth-order valence-corrected chi connectivity index (χ4v) is 0.457. The van der Waals surface area contributed by atoms with Gasteiger partial charge in [0.2, 0.25) is 0 Å². The van der Waals surface area contributed by atoms with Crippen LogP contribution in [0.5, 0.6) is 0 Å². The molecular formula is C4H8N2O. The van der Waals surface area contributed by atoms with Gasteiger partial charge >= 0.3 is 0 Å². The van der Waals surface area contributed by atoms with Crippen molar-refractivity contribution in [3.8, 4) is 0 Å². The van der Waals surface area contributed by atoms with Crippen molar-refractivity contribution in [1.82, 2.24) is 10.6 Å². The van der Waals surface area contributed by atoms with Gasteiger partial charge in [-0.25, -0.2) is 0 Å². The Balaban J connectivity index is 2.32. The molecule has 0 fully saturated rings. The topological polar surface area (TPSA) is 44.3 Å². The Hall–Kier alpha value is -0.540. The van der Waals surface area contributed by atoms with Crippen LogP contribution in [0.4, 0.5) is 0 Å². The third kappa shape index (κ3) is 1.17. The summed E-state index contributed by atoms with van der Waals surface area (Å²) in [6.45, 7) is 0.744. The number of rotatable bonds is 0. The predicted octanol–water partition coefficient (Wildman–Crippen LogP) is -1.03. The minimum atomic E-state index is -0.551. The molecule has 1 aliphatic rings. The van der Waals surface area contributed by atoms with Gasteiger partial charge in [-0.15, -0.1) is 0 Å². The summed E-state index contributed by atoms with van der Waals surface area (Å²) in [4.78, 5) is 0. The quantitative estimate of drug-likeness (QED) is 0.364. The fourth-order valence-electron chi connectivity index (χ4n) is 0.457. The molecule has 0 aliphatic carbocycles. The molecule has 0 amide bonds. The van der Waals surface area contributed by atoms with Crippen LogP contribution in [0, 0.1) is 0 Å². The van der Waals surface area contributed by atoms with E-state index in [0.717, 1.165) is 6.54 Å². The second kappa shape index (κ2) is 1.95. The van der Waals surface area contributed by atoms with Gasteiger partial charge in [0.05, 0.1) is 0 Å². The van der Waals surface area contributed by atoms with Crippen LogP contribution in [0.3, 0.4) is 0 Å². The average molecular weight is 100 g/mol. The molecule has 40 valence electrons. The number of nitrogens with one attached hydrogen (secondary N) is 2. The smallest absolute Gasteiger partial charge is 0.181 e. The lowest BCUT2D eigenvalue weighted by atomic mass is 10.5. The standard InChI is InChI=1S/C4H8N2O/c7-4-5-2-1-3-6-4/h1-2,4-7H,3H2. The summed E-state index contributed by atoms with van der Waals surface area (Å²) in [5.41, 5.74) is 0. The Labute approximate surface area is 42.0 Å². The van der Waals surface area contributed by atoms with Crippen LogP contribution in [0.15, 0.2) is 12.3 Å². The molecule has 0 aromatic heterocycles. The van der Waals surface area contributed by atoms with Crippen LogP contribution >= 0.6 is 0 Å². The van der Waals surface area contributed by atoms with Gasteiger partial charge in [0.15, 0.2) is 6.35 Å². The lowest BCUT2D eigenvalue weighted by molar-refractivity contribution is 0.116. The van der Waals surface area contributed by atoms with Crippen molar-refractivity contribution >= 4 is 0 Å². The first-order valence-electron chi connectivity index (χ1n) is 2.22. The molecule has 0 bridgehead atoms. The van der Waals surface area contributed by atoms with Gasteiger partial charge in [-0.2, -0.15) is 0 Å². The van der Waals surface area contributed by atoms with E-state index in [0.29, 0.717) is 0 Å². The molecule has 3 N–H and O–H groups in total. The summed E-state index contributed by atoms with van der Waals surface area (Å²) in [7, 11) is 0. The molecule has 1 aliphatic heterocycles. The normalized spacial score (nSPS) is 29.6. The summed E-state index contributed by atoms with van der Waals surface area (Å²) in [6.07, 6.45) is 3.07. The average Bonchev–Trinajstić information content (AvgIpc) is 1.69. The molecule has 3 nitrogen and oxygen atoms in total. The van der Waals surface area contributed by atoms with Crippen LogP contribution in [-0.2, 0) is 0 Å². The molecule has 1 unspecified atom stereocenters. The Morgan fingerprint density at radius 1 is 1.71 bits per heavy atom. The highest BCUT2D eigenvalue weighted by Gasteiger charge is 1.97. The number of aliphatic hydroxyl groups excluding tert-OH is 1. The number of aliphatic hydroxyl groups is 1. The van der Waals surface area contributed by atoms with E-state index in [4.69, 9.17) is 5.11 Å². The zero-order chi connectivity index (χ0) is 5.11. The SMILES string of the molecule is OC1NC=CCN1. The van der Waals surface area contributed by atoms with Gasteiger partial charge in [0.1, 0.15) is 0 Å². The van der Waals surface area contributed by atoms with Crippen LogP contribution in [0.25, 0.3) is 0 Å². The monoisotopic (exact) mass is 100 g/mol. The van der Waals surface area contributed by atoms with Gasteiger partial charge in [0, 0.05) is 6.54 Å². The molecule has 0 spiro atoms. The summed E-state index contributed by atoms with van der Waals surface area (Å²) in [6, 6.07) is 0. The summed E-state index contributed by atoms with van der Waals surface area (Å²) < 4.78 is 0. The molecular weight excluding hydrogens is 92.1 g/mol. The fraction of sp³-hybridized carbons (Fsp3) is 0.500. The first kappa shape index (κ1) is 4.61. The molecule has 0 saturated heterocycles. The largest absolute Gasteiger partial charge is 0.361 e. The van der Waals surface area contributed by atoms with E-state index in [-0.39, 0.29) is 0 Å². The lowest BCUT2D eigenvalue weighted by Crippen LogP contribution is -2.42. The molecule has 1 heterocycles. The highest BCUT2D eigenvalue weighted by molar-refractivity contribution is 4.86. The Bertz CT molecular complexity index is 81.8. The van der Waals surface area contributed by atoms with E-state index in [1.54, 1.807) is 6.20 Å². The zero-order valence-corrected chi connectivity index (χ0v) is 3.89. The van der Waals surface area contributed by atoms with Gasteiger partial charge in [-0.3, -0.25) is 5.32 Å². The Morgan fingerprint density at radius 3 is 2.86 bits per heavy atom. The van der Waals surface area contributed by atoms with E-state index in [9.17, 15) is 0 Å². The number of hydrogen-bond donors (Lipinski definition) is 3. The third-order valence-electron chi connectivity index (χ3n) is 0.801. The van der Waals surface area contributed by atoms with E-state index >= 15 is 0 Å². The molecule has 0 aromatic rings. The van der Waals surface area contributed by atoms with E-state index in [1.807, 2.05) is 6.08 Å². The van der Waals surface area contributed by atoms with Gasteiger partial charge in [-0.1, -0.05) is 6.08 Å². The lowest BCUT2D eigenvalue weighted by Gasteiger charge is -2.14. The van der Waals surface area contributed by atoms with E-state index in [2.05, 4.69) is 10.6 Å². The van der Waals surface area contributed by atoms with Crippen LogP contribution in [0.1, 0.15) is 0 Å². The molecule has 1 rings (SSSR count). The molecule has 3 heteroatoms. The molecule has 0 aromatic carbocycles. The van der Waals surface area contributed by atoms with E-state index in [1.165, 1.54) is 0 Å². The van der Waals surface area contributed by atoms with Gasteiger partial charge in [-0.05, 0) is 6.20 Å². The zero-order valence-electron chi connectivity index (χ0n) is 3.89. The molecule has 1 atom stereocenters. The van der Waals surface area contributed by atoms with Crippen molar-refractivity contribution in [1.29, 1.82) is 0 Å². The minimum absolute atomic E-state index is 0.551. The van der Waals surface area contributed by atoms with Crippen molar-refractivity contribution in [2.24, 2.45) is 0 Å². The Kier molecular flexibility index (Phi) is 1.29. The maximum absolute atomic E-state index is 8.64. The molecule has 0 saturated carbocycles. The van der Waals surface area contributed by atoms with Crippen molar-refractivity contribution < 1.29 is 5.11 Å². The highest BCUT2D eigenvalue weighted by atomic mass is 16.3. The van der Waals surface area contributed by atoms with Crippen LogP contribution in [0.2, 0.25) is 0 Å².